The Kier molecular flexibility index (Phi) is 5.64. The summed E-state index contributed by atoms with van der Waals surface area (Å²) in [4.78, 5) is 26.5. The molecule has 5 rings (SSSR count). The first-order chi connectivity index (χ1) is 16.8. The third-order valence-electron chi connectivity index (χ3n) is 6.10. The van der Waals surface area contributed by atoms with Crippen LogP contribution in [0.5, 0.6) is 0 Å². The van der Waals surface area contributed by atoms with Crippen molar-refractivity contribution in [1.29, 1.82) is 0 Å². The summed E-state index contributed by atoms with van der Waals surface area (Å²) < 4.78 is 29.3. The molecule has 0 bridgehead atoms. The molecule has 0 unspecified atom stereocenters. The van der Waals surface area contributed by atoms with E-state index in [4.69, 9.17) is 0 Å². The van der Waals surface area contributed by atoms with E-state index in [0.717, 1.165) is 11.8 Å². The first kappa shape index (κ1) is 22.5. The van der Waals surface area contributed by atoms with E-state index in [1.54, 1.807) is 29.8 Å². The molecule has 0 saturated carbocycles. The smallest absolute Gasteiger partial charge is 0.252 e. The van der Waals surface area contributed by atoms with Crippen LogP contribution in [0.1, 0.15) is 38.7 Å². The Morgan fingerprint density at radius 1 is 0.971 bits per heavy atom. The molecule has 1 aliphatic rings. The lowest BCUT2D eigenvalue weighted by atomic mass is 9.82. The zero-order chi connectivity index (χ0) is 24.7. The molecule has 35 heavy (non-hydrogen) atoms. The van der Waals surface area contributed by atoms with Crippen LogP contribution in [0.15, 0.2) is 72.8 Å². The molecule has 6 nitrogen and oxygen atoms in total. The molecule has 0 fully saturated rings. The molecule has 8 heteroatoms. The molecule has 1 aromatic heterocycles. The number of halogens is 2. The predicted octanol–water partition coefficient (Wildman–Crippen LogP) is 4.65. The monoisotopic (exact) mass is 472 g/mol. The number of benzene rings is 3. The number of nitrogens with one attached hydrogen (secondary N) is 2. The summed E-state index contributed by atoms with van der Waals surface area (Å²) in [6, 6.07) is 18.1. The maximum atomic E-state index is 13.9. The van der Waals surface area contributed by atoms with Crippen LogP contribution in [0.25, 0.3) is 5.69 Å². The summed E-state index contributed by atoms with van der Waals surface area (Å²) in [7, 11) is 0. The minimum Gasteiger partial charge on any atom is -0.339 e. The van der Waals surface area contributed by atoms with E-state index in [9.17, 15) is 18.4 Å². The van der Waals surface area contributed by atoms with Crippen LogP contribution in [0.4, 0.5) is 14.6 Å². The van der Waals surface area contributed by atoms with Gasteiger partial charge >= 0.3 is 0 Å². The van der Waals surface area contributed by atoms with Gasteiger partial charge in [0.25, 0.3) is 5.91 Å². The van der Waals surface area contributed by atoms with Crippen molar-refractivity contribution in [2.45, 2.75) is 25.8 Å². The minimum atomic E-state index is -1.03. The van der Waals surface area contributed by atoms with Gasteiger partial charge in [0.05, 0.1) is 11.4 Å². The van der Waals surface area contributed by atoms with Crippen molar-refractivity contribution in [3.05, 3.63) is 112 Å². The van der Waals surface area contributed by atoms with Gasteiger partial charge in [-0.05, 0) is 67.4 Å². The molecule has 2 amide bonds. The van der Waals surface area contributed by atoms with Gasteiger partial charge in [0, 0.05) is 17.0 Å². The van der Waals surface area contributed by atoms with E-state index in [-0.39, 0.29) is 5.56 Å². The van der Waals surface area contributed by atoms with Crippen LogP contribution in [0.3, 0.4) is 0 Å². The van der Waals surface area contributed by atoms with E-state index in [1.807, 2.05) is 37.3 Å². The number of nitrogens with zero attached hydrogens (tertiary/aromatic N) is 2. The summed E-state index contributed by atoms with van der Waals surface area (Å²) in [5.74, 6) is -2.15. The van der Waals surface area contributed by atoms with Gasteiger partial charge in [0.1, 0.15) is 23.5 Å². The highest BCUT2D eigenvalue weighted by Gasteiger charge is 2.41. The first-order valence-electron chi connectivity index (χ1n) is 11.1. The molecule has 4 aromatic rings. The molecule has 0 spiro atoms. The number of fused-ring (bicyclic) bond motifs is 1. The highest BCUT2D eigenvalue weighted by Crippen LogP contribution is 2.40. The molecule has 2 N–H and O–H groups in total. The Morgan fingerprint density at radius 3 is 2.37 bits per heavy atom. The summed E-state index contributed by atoms with van der Waals surface area (Å²) in [6.45, 7) is 3.50. The fourth-order valence-electron chi connectivity index (χ4n) is 4.57. The average Bonchev–Trinajstić information content (AvgIpc) is 3.16. The maximum Gasteiger partial charge on any atom is 0.252 e. The van der Waals surface area contributed by atoms with Crippen molar-refractivity contribution in [2.24, 2.45) is 0 Å². The summed E-state index contributed by atoms with van der Waals surface area (Å²) in [5, 5.41) is 10.3. The Bertz CT molecular complexity index is 1410. The number of carbonyl (C=O) groups excluding carboxylic acids is 2. The number of amides is 2. The van der Waals surface area contributed by atoms with E-state index in [0.29, 0.717) is 28.2 Å². The average molecular weight is 472 g/mol. The number of carbonyl (C=O) groups is 2. The second kappa shape index (κ2) is 8.79. The number of aromatic nitrogens is 2. The van der Waals surface area contributed by atoms with Crippen molar-refractivity contribution < 1.29 is 18.4 Å². The quantitative estimate of drug-likeness (QED) is 0.454. The summed E-state index contributed by atoms with van der Waals surface area (Å²) in [5.41, 5.74) is 3.45. The number of aryl methyl sites for hydroxylation is 2. The van der Waals surface area contributed by atoms with Crippen LogP contribution in [-0.4, -0.2) is 27.6 Å². The number of anilines is 1. The molecular formula is C27H22F2N4O2. The summed E-state index contributed by atoms with van der Waals surface area (Å²) in [6.07, 6.45) is 0. The Morgan fingerprint density at radius 2 is 1.69 bits per heavy atom. The van der Waals surface area contributed by atoms with E-state index >= 15 is 0 Å². The van der Waals surface area contributed by atoms with Crippen molar-refractivity contribution in [1.82, 2.24) is 15.1 Å². The molecule has 3 aromatic carbocycles. The highest BCUT2D eigenvalue weighted by atomic mass is 19.1. The van der Waals surface area contributed by atoms with Gasteiger partial charge in [-0.25, -0.2) is 13.5 Å². The van der Waals surface area contributed by atoms with Crippen molar-refractivity contribution in [2.75, 3.05) is 5.32 Å². The normalized spacial score (nSPS) is 17.0. The van der Waals surface area contributed by atoms with E-state index < -0.39 is 35.4 Å². The topological polar surface area (TPSA) is 76.0 Å². The minimum absolute atomic E-state index is 0.107. The van der Waals surface area contributed by atoms with Crippen LogP contribution < -0.4 is 10.6 Å². The molecule has 176 valence electrons. The molecule has 0 aliphatic carbocycles. The third-order valence-corrected chi connectivity index (χ3v) is 6.10. The second-order valence-corrected chi connectivity index (χ2v) is 8.58. The van der Waals surface area contributed by atoms with Crippen LogP contribution >= 0.6 is 0 Å². The Hall–Kier alpha value is -4.33. The fourth-order valence-corrected chi connectivity index (χ4v) is 4.57. The molecule has 0 saturated heterocycles. The molecule has 2 atom stereocenters. The van der Waals surface area contributed by atoms with E-state index in [2.05, 4.69) is 15.7 Å². The second-order valence-electron chi connectivity index (χ2n) is 8.58. The number of hydrogen-bond acceptors (Lipinski definition) is 3. The van der Waals surface area contributed by atoms with Gasteiger partial charge < -0.3 is 10.6 Å². The predicted molar refractivity (Wildman–Crippen MR) is 128 cm³/mol. The van der Waals surface area contributed by atoms with Gasteiger partial charge in [-0.15, -0.1) is 0 Å². The van der Waals surface area contributed by atoms with Crippen LogP contribution in [0, 0.1) is 25.5 Å². The van der Waals surface area contributed by atoms with Gasteiger partial charge in [-0.1, -0.05) is 30.3 Å². The lowest BCUT2D eigenvalue weighted by Gasteiger charge is -2.33. The van der Waals surface area contributed by atoms with Gasteiger partial charge in [-0.3, -0.25) is 9.59 Å². The molecule has 1 aliphatic heterocycles. The number of rotatable bonds is 4. The van der Waals surface area contributed by atoms with Crippen molar-refractivity contribution in [3.8, 4) is 5.69 Å². The standard InChI is InChI=1S/C27H22F2N4O2/c1-15-12-18(14-20(29)13-15)26(34)30-24-23(17-8-10-19(28)11-9-17)22-16(2)32-33(25(22)31-27(24)35)21-6-4-3-5-7-21/h3-14,23-24H,1-2H3,(H,30,34)(H,31,35)/t23-,24-/m0/s1. The highest BCUT2D eigenvalue weighted by molar-refractivity contribution is 6.04. The zero-order valence-corrected chi connectivity index (χ0v) is 19.0. The molecular weight excluding hydrogens is 450 g/mol. The maximum absolute atomic E-state index is 13.9. The SMILES string of the molecule is Cc1cc(F)cc(C(=O)N[C@@H]2C(=O)Nc3c(c(C)nn3-c3ccccc3)[C@@H]2c2ccc(F)cc2)c1. The van der Waals surface area contributed by atoms with Gasteiger partial charge in [0.2, 0.25) is 5.91 Å². The largest absolute Gasteiger partial charge is 0.339 e. The van der Waals surface area contributed by atoms with Crippen molar-refractivity contribution in [3.63, 3.8) is 0 Å². The lowest BCUT2D eigenvalue weighted by molar-refractivity contribution is -0.118. The van der Waals surface area contributed by atoms with Crippen LogP contribution in [-0.2, 0) is 4.79 Å². The summed E-state index contributed by atoms with van der Waals surface area (Å²) >= 11 is 0. The lowest BCUT2D eigenvalue weighted by Crippen LogP contribution is -2.50. The van der Waals surface area contributed by atoms with Crippen LogP contribution in [0.2, 0.25) is 0 Å². The van der Waals surface area contributed by atoms with Crippen molar-refractivity contribution >= 4 is 17.6 Å². The number of hydrogen-bond donors (Lipinski definition) is 2. The van der Waals surface area contributed by atoms with Gasteiger partial charge in [-0.2, -0.15) is 5.10 Å². The third kappa shape index (κ3) is 4.19. The Balaban J connectivity index is 1.62. The first-order valence-corrected chi connectivity index (χ1v) is 11.1. The molecule has 0 radical (unpaired) electrons. The van der Waals surface area contributed by atoms with Gasteiger partial charge in [0.15, 0.2) is 0 Å². The fraction of sp³-hybridized carbons (Fsp3) is 0.148. The van der Waals surface area contributed by atoms with E-state index in [1.165, 1.54) is 18.2 Å². The zero-order valence-electron chi connectivity index (χ0n) is 19.0. The number of para-hydroxylation sites is 1. The Labute approximate surface area is 200 Å². The molecule has 2 heterocycles.